The number of ether oxygens (including phenoxy) is 1. The average Bonchev–Trinajstić information content (AvgIpc) is 2.61. The second kappa shape index (κ2) is 9.22. The first-order valence-corrected chi connectivity index (χ1v) is 7.87. The van der Waals surface area contributed by atoms with E-state index in [-0.39, 0.29) is 11.5 Å². The third kappa shape index (κ3) is 5.33. The van der Waals surface area contributed by atoms with Gasteiger partial charge in [0.2, 0.25) is 0 Å². The number of aromatic hydroxyl groups is 1. The lowest BCUT2D eigenvalue weighted by Gasteiger charge is -2.05. The highest BCUT2D eigenvalue weighted by molar-refractivity contribution is 6.08. The summed E-state index contributed by atoms with van der Waals surface area (Å²) >= 11 is 0. The summed E-state index contributed by atoms with van der Waals surface area (Å²) in [5.41, 5.74) is 1.18. The number of terminal acetylenes is 1. The summed E-state index contributed by atoms with van der Waals surface area (Å²) in [5, 5.41) is 9.67. The molecule has 3 nitrogen and oxygen atoms in total. The zero-order valence-corrected chi connectivity index (χ0v) is 13.4. The van der Waals surface area contributed by atoms with Crippen molar-refractivity contribution < 1.29 is 14.6 Å². The van der Waals surface area contributed by atoms with Crippen LogP contribution in [0.3, 0.4) is 0 Å². The normalized spacial score (nSPS) is 10.5. The van der Waals surface area contributed by atoms with Crippen LogP contribution in [-0.2, 0) is 0 Å². The Labute approximate surface area is 142 Å². The molecule has 0 bridgehead atoms. The number of hydrogen-bond donors (Lipinski definition) is 1. The number of rotatable bonds is 8. The van der Waals surface area contributed by atoms with Crippen molar-refractivity contribution >= 4 is 11.9 Å². The van der Waals surface area contributed by atoms with Crippen LogP contribution in [0.1, 0.15) is 35.2 Å². The molecule has 0 fully saturated rings. The van der Waals surface area contributed by atoms with Crippen LogP contribution in [0.15, 0.2) is 54.6 Å². The average molecular weight is 320 g/mol. The van der Waals surface area contributed by atoms with Gasteiger partial charge in [0.1, 0.15) is 11.5 Å². The van der Waals surface area contributed by atoms with E-state index in [0.29, 0.717) is 12.2 Å². The molecule has 3 heteroatoms. The number of hydrogen-bond acceptors (Lipinski definition) is 3. The number of benzene rings is 2. The Kier molecular flexibility index (Phi) is 6.67. The largest absolute Gasteiger partial charge is 0.507 e. The maximum atomic E-state index is 12.0. The Morgan fingerprint density at radius 1 is 1.12 bits per heavy atom. The molecular formula is C21H20O3. The molecule has 0 unspecified atom stereocenters. The van der Waals surface area contributed by atoms with E-state index >= 15 is 0 Å². The van der Waals surface area contributed by atoms with Gasteiger partial charge in [-0.2, -0.15) is 0 Å². The predicted octanol–water partition coefficient (Wildman–Crippen LogP) is 4.47. The van der Waals surface area contributed by atoms with Gasteiger partial charge in [-0.1, -0.05) is 30.3 Å². The molecule has 2 aromatic rings. The Hall–Kier alpha value is -2.99. The highest BCUT2D eigenvalue weighted by Gasteiger charge is 2.06. The minimum Gasteiger partial charge on any atom is -0.507 e. The predicted molar refractivity (Wildman–Crippen MR) is 96.1 cm³/mol. The molecule has 0 aliphatic heterocycles. The van der Waals surface area contributed by atoms with E-state index in [4.69, 9.17) is 11.2 Å². The lowest BCUT2D eigenvalue weighted by Crippen LogP contribution is -1.97. The second-order valence-corrected chi connectivity index (χ2v) is 5.29. The van der Waals surface area contributed by atoms with Gasteiger partial charge in [0, 0.05) is 6.42 Å². The lowest BCUT2D eigenvalue weighted by molar-refractivity contribution is 0.104. The van der Waals surface area contributed by atoms with E-state index in [0.717, 1.165) is 30.6 Å². The summed E-state index contributed by atoms with van der Waals surface area (Å²) in [6, 6.07) is 14.0. The first-order valence-electron chi connectivity index (χ1n) is 7.87. The Balaban J connectivity index is 1.88. The van der Waals surface area contributed by atoms with Crippen molar-refractivity contribution in [3.05, 3.63) is 65.7 Å². The molecule has 122 valence electrons. The van der Waals surface area contributed by atoms with Crippen LogP contribution < -0.4 is 4.74 Å². The van der Waals surface area contributed by atoms with E-state index in [9.17, 15) is 9.90 Å². The molecule has 0 amide bonds. The van der Waals surface area contributed by atoms with Crippen molar-refractivity contribution in [2.24, 2.45) is 0 Å². The number of allylic oxidation sites excluding steroid dienone is 1. The van der Waals surface area contributed by atoms with Gasteiger partial charge in [-0.25, -0.2) is 0 Å². The summed E-state index contributed by atoms with van der Waals surface area (Å²) < 4.78 is 5.63. The molecule has 0 atom stereocenters. The fraction of sp³-hybridized carbons (Fsp3) is 0.190. The van der Waals surface area contributed by atoms with Crippen LogP contribution in [-0.4, -0.2) is 17.5 Å². The molecule has 1 N–H and O–H groups in total. The standard InChI is InChI=1S/C21H20O3/c1-2-3-4-7-16-24-18-13-10-17(11-14-18)12-15-21(23)19-8-5-6-9-20(19)22/h1,5-6,8-15,22H,3-4,7,16H2. The molecule has 0 aliphatic rings. The Morgan fingerprint density at radius 3 is 2.58 bits per heavy atom. The van der Waals surface area contributed by atoms with Crippen LogP contribution in [0.4, 0.5) is 0 Å². The summed E-state index contributed by atoms with van der Waals surface area (Å²) in [6.45, 7) is 0.642. The number of carbonyl (C=O) groups excluding carboxylic acids is 1. The zero-order chi connectivity index (χ0) is 17.2. The van der Waals surface area contributed by atoms with Gasteiger partial charge in [0.25, 0.3) is 0 Å². The van der Waals surface area contributed by atoms with Crippen LogP contribution in [0.25, 0.3) is 6.08 Å². The molecule has 2 rings (SSSR count). The fourth-order valence-electron chi connectivity index (χ4n) is 2.14. The van der Waals surface area contributed by atoms with Gasteiger partial charge < -0.3 is 9.84 Å². The number of phenolic OH excluding ortho intramolecular Hbond substituents is 1. The third-order valence-electron chi connectivity index (χ3n) is 3.46. The second-order valence-electron chi connectivity index (χ2n) is 5.29. The van der Waals surface area contributed by atoms with E-state index < -0.39 is 0 Å². The molecule has 0 aromatic heterocycles. The highest BCUT2D eigenvalue weighted by atomic mass is 16.5. The minimum atomic E-state index is -0.234. The zero-order valence-electron chi connectivity index (χ0n) is 13.4. The monoisotopic (exact) mass is 320 g/mol. The Morgan fingerprint density at radius 2 is 1.88 bits per heavy atom. The Bertz CT molecular complexity index is 736. The van der Waals surface area contributed by atoms with Crippen LogP contribution >= 0.6 is 0 Å². The van der Waals surface area contributed by atoms with Crippen molar-refractivity contribution in [2.45, 2.75) is 19.3 Å². The van der Waals surface area contributed by atoms with Gasteiger partial charge in [-0.05, 0) is 48.7 Å². The fourth-order valence-corrected chi connectivity index (χ4v) is 2.14. The molecule has 24 heavy (non-hydrogen) atoms. The SMILES string of the molecule is C#CCCCCOc1ccc(C=CC(=O)c2ccccc2O)cc1. The molecule has 0 radical (unpaired) electrons. The number of ketones is 1. The smallest absolute Gasteiger partial charge is 0.189 e. The van der Waals surface area contributed by atoms with E-state index in [2.05, 4.69) is 5.92 Å². The van der Waals surface area contributed by atoms with E-state index in [1.807, 2.05) is 24.3 Å². The molecule has 0 saturated heterocycles. The van der Waals surface area contributed by atoms with Gasteiger partial charge >= 0.3 is 0 Å². The van der Waals surface area contributed by atoms with E-state index in [1.165, 1.54) is 12.1 Å². The van der Waals surface area contributed by atoms with Gasteiger partial charge in [0.15, 0.2) is 5.78 Å². The number of para-hydroxylation sites is 1. The van der Waals surface area contributed by atoms with Crippen molar-refractivity contribution in [3.63, 3.8) is 0 Å². The van der Waals surface area contributed by atoms with Gasteiger partial charge in [-0.3, -0.25) is 4.79 Å². The molecule has 2 aromatic carbocycles. The van der Waals surface area contributed by atoms with Crippen molar-refractivity contribution in [2.75, 3.05) is 6.61 Å². The van der Waals surface area contributed by atoms with Crippen molar-refractivity contribution in [1.29, 1.82) is 0 Å². The number of phenols is 1. The quantitative estimate of drug-likeness (QED) is 0.338. The molecule has 0 saturated carbocycles. The molecule has 0 heterocycles. The summed E-state index contributed by atoms with van der Waals surface area (Å²) in [4.78, 5) is 12.0. The van der Waals surface area contributed by atoms with E-state index in [1.54, 1.807) is 24.3 Å². The van der Waals surface area contributed by atoms with Gasteiger partial charge in [-0.15, -0.1) is 12.3 Å². The van der Waals surface area contributed by atoms with Crippen molar-refractivity contribution in [1.82, 2.24) is 0 Å². The molecule has 0 aliphatic carbocycles. The maximum Gasteiger partial charge on any atom is 0.189 e. The lowest BCUT2D eigenvalue weighted by atomic mass is 10.1. The minimum absolute atomic E-state index is 0.0132. The highest BCUT2D eigenvalue weighted by Crippen LogP contribution is 2.18. The summed E-state index contributed by atoms with van der Waals surface area (Å²) in [5.74, 6) is 3.15. The first-order chi connectivity index (χ1) is 11.7. The summed E-state index contributed by atoms with van der Waals surface area (Å²) in [6.07, 6.45) is 11.0. The first kappa shape index (κ1) is 17.4. The van der Waals surface area contributed by atoms with Crippen LogP contribution in [0.2, 0.25) is 0 Å². The van der Waals surface area contributed by atoms with Gasteiger partial charge in [0.05, 0.1) is 12.2 Å². The van der Waals surface area contributed by atoms with Crippen LogP contribution in [0.5, 0.6) is 11.5 Å². The topological polar surface area (TPSA) is 46.5 Å². The molecular weight excluding hydrogens is 300 g/mol. The number of unbranched alkanes of at least 4 members (excludes halogenated alkanes) is 2. The maximum absolute atomic E-state index is 12.0. The summed E-state index contributed by atoms with van der Waals surface area (Å²) in [7, 11) is 0. The third-order valence-corrected chi connectivity index (χ3v) is 3.46. The van der Waals surface area contributed by atoms with Crippen LogP contribution in [0, 0.1) is 12.3 Å². The number of carbonyl (C=O) groups is 1. The molecule has 0 spiro atoms. The van der Waals surface area contributed by atoms with Crippen molar-refractivity contribution in [3.8, 4) is 23.8 Å².